The summed E-state index contributed by atoms with van der Waals surface area (Å²) in [5.41, 5.74) is 4.41. The van der Waals surface area contributed by atoms with E-state index in [0.29, 0.717) is 17.3 Å². The highest BCUT2D eigenvalue weighted by Gasteiger charge is 2.69. The Morgan fingerprint density at radius 1 is 1.31 bits per heavy atom. The van der Waals surface area contributed by atoms with Crippen LogP contribution in [0.4, 0.5) is 24.7 Å². The number of nitrogens with zero attached hydrogens (tertiary/aromatic N) is 3. The van der Waals surface area contributed by atoms with E-state index in [9.17, 15) is 22.8 Å². The van der Waals surface area contributed by atoms with Crippen LogP contribution >= 0.6 is 0 Å². The minimum Gasteiger partial charge on any atom is -0.383 e. The monoisotopic (exact) mass is 410 g/mol. The lowest BCUT2D eigenvalue weighted by Gasteiger charge is -2.43. The summed E-state index contributed by atoms with van der Waals surface area (Å²) in [6.07, 6.45) is -0.920. The number of amides is 2. The number of carbonyl (C=O) groups excluding carboxylic acids is 2. The Hall–Kier alpha value is -2.85. The third-order valence-corrected chi connectivity index (χ3v) is 6.03. The Labute approximate surface area is 164 Å². The van der Waals surface area contributed by atoms with E-state index < -0.39 is 29.4 Å². The van der Waals surface area contributed by atoms with E-state index >= 15 is 0 Å². The van der Waals surface area contributed by atoms with Gasteiger partial charge in [0.1, 0.15) is 5.82 Å². The molecule has 2 aromatic rings. The second-order valence-corrected chi connectivity index (χ2v) is 7.98. The molecule has 11 heteroatoms. The van der Waals surface area contributed by atoms with Crippen LogP contribution in [-0.4, -0.2) is 50.7 Å². The summed E-state index contributed by atoms with van der Waals surface area (Å²) in [4.78, 5) is 30.6. The molecule has 0 bridgehead atoms. The van der Waals surface area contributed by atoms with Crippen LogP contribution in [0.1, 0.15) is 32.6 Å². The molecule has 8 nitrogen and oxygen atoms in total. The molecular weight excluding hydrogens is 389 g/mol. The predicted molar refractivity (Wildman–Crippen MR) is 98.6 cm³/mol. The Morgan fingerprint density at radius 2 is 2.03 bits per heavy atom. The van der Waals surface area contributed by atoms with Gasteiger partial charge in [-0.05, 0) is 31.6 Å². The topological polar surface area (TPSA) is 117 Å². The number of aromatic nitrogens is 3. The molecule has 2 amide bonds. The Kier molecular flexibility index (Phi) is 4.43. The molecule has 0 radical (unpaired) electrons. The second-order valence-electron chi connectivity index (χ2n) is 7.98. The van der Waals surface area contributed by atoms with Crippen LogP contribution < -0.4 is 11.1 Å². The van der Waals surface area contributed by atoms with Crippen molar-refractivity contribution in [1.82, 2.24) is 20.1 Å². The number of rotatable bonds is 2. The van der Waals surface area contributed by atoms with Crippen molar-refractivity contribution in [3.05, 3.63) is 12.4 Å². The van der Waals surface area contributed by atoms with Crippen molar-refractivity contribution in [1.29, 1.82) is 0 Å². The van der Waals surface area contributed by atoms with Gasteiger partial charge >= 0.3 is 18.0 Å². The van der Waals surface area contributed by atoms with E-state index in [-0.39, 0.29) is 43.2 Å². The number of hydrogen-bond acceptors (Lipinski definition) is 5. The number of aromatic amines is 1. The van der Waals surface area contributed by atoms with Gasteiger partial charge in [0, 0.05) is 12.6 Å². The van der Waals surface area contributed by atoms with Crippen LogP contribution in [0.15, 0.2) is 12.4 Å². The van der Waals surface area contributed by atoms with Gasteiger partial charge in [-0.2, -0.15) is 18.3 Å². The highest BCUT2D eigenvalue weighted by atomic mass is 19.4. The first-order valence-electron chi connectivity index (χ1n) is 9.40. The molecule has 29 heavy (non-hydrogen) atoms. The van der Waals surface area contributed by atoms with Crippen molar-refractivity contribution in [3.8, 4) is 0 Å². The number of H-pyrrole nitrogens is 1. The Morgan fingerprint density at radius 3 is 2.69 bits per heavy atom. The lowest BCUT2D eigenvalue weighted by Crippen LogP contribution is -2.56. The van der Waals surface area contributed by atoms with E-state index in [4.69, 9.17) is 5.73 Å². The number of likely N-dealkylation sites (tertiary alicyclic amines) is 1. The van der Waals surface area contributed by atoms with Crippen LogP contribution in [-0.2, 0) is 9.59 Å². The van der Waals surface area contributed by atoms with Crippen LogP contribution in [0, 0.1) is 11.3 Å². The van der Waals surface area contributed by atoms with Crippen LogP contribution in [0.2, 0.25) is 0 Å². The molecule has 0 unspecified atom stereocenters. The zero-order valence-electron chi connectivity index (χ0n) is 15.7. The fourth-order valence-corrected chi connectivity index (χ4v) is 4.25. The van der Waals surface area contributed by atoms with E-state index in [1.165, 1.54) is 12.4 Å². The van der Waals surface area contributed by atoms with Gasteiger partial charge in [0.05, 0.1) is 34.4 Å². The molecular formula is C18H21F3N6O2. The van der Waals surface area contributed by atoms with Crippen molar-refractivity contribution in [2.24, 2.45) is 11.3 Å². The third-order valence-electron chi connectivity index (χ3n) is 6.03. The highest BCUT2D eigenvalue weighted by Crippen LogP contribution is 2.62. The van der Waals surface area contributed by atoms with E-state index in [1.54, 1.807) is 0 Å². The quantitative estimate of drug-likeness (QED) is 0.658. The fraction of sp³-hybridized carbons (Fsp3) is 0.556. The SMILES string of the molecule is C[C@H]1CC[C@H](C2(C(F)(F)F)CC2)N(C(=O)C(=O)Nc2cnc(N)c3cn[nH]c23)C1. The van der Waals surface area contributed by atoms with E-state index in [2.05, 4.69) is 20.5 Å². The molecule has 2 aliphatic rings. The number of nitrogens with one attached hydrogen (secondary N) is 2. The first-order valence-corrected chi connectivity index (χ1v) is 9.40. The number of fused-ring (bicyclic) bond motifs is 1. The second kappa shape index (κ2) is 6.60. The summed E-state index contributed by atoms with van der Waals surface area (Å²) in [6.45, 7) is 1.98. The van der Waals surface area contributed by atoms with Crippen molar-refractivity contribution in [2.45, 2.75) is 44.8 Å². The van der Waals surface area contributed by atoms with Crippen LogP contribution in [0.25, 0.3) is 10.9 Å². The standard InChI is InChI=1S/C18H21F3N6O2/c1-9-2-3-12(17(4-5-17)18(19,20)21)27(8-9)16(29)15(28)25-11-7-23-14(22)10-6-24-26-13(10)11/h6-7,9,12H,2-5,8H2,1H3,(H2,22,23)(H,24,26)(H,25,28)/t9-,12+/m0/s1. The van der Waals surface area contributed by atoms with Gasteiger partial charge in [-0.25, -0.2) is 4.98 Å². The van der Waals surface area contributed by atoms with Crippen molar-refractivity contribution in [3.63, 3.8) is 0 Å². The van der Waals surface area contributed by atoms with Crippen molar-refractivity contribution >= 4 is 34.2 Å². The minimum absolute atomic E-state index is 0.0163. The van der Waals surface area contributed by atoms with Gasteiger partial charge in [0.25, 0.3) is 0 Å². The number of alkyl halides is 3. The van der Waals surface area contributed by atoms with Crippen LogP contribution in [0.3, 0.4) is 0 Å². The number of pyridine rings is 1. The van der Waals surface area contributed by atoms with Crippen molar-refractivity contribution < 1.29 is 22.8 Å². The lowest BCUT2D eigenvalue weighted by molar-refractivity contribution is -0.210. The zero-order chi connectivity index (χ0) is 21.0. The molecule has 156 valence electrons. The first kappa shape index (κ1) is 19.5. The lowest BCUT2D eigenvalue weighted by atomic mass is 9.83. The van der Waals surface area contributed by atoms with Gasteiger partial charge in [-0.15, -0.1) is 0 Å². The molecule has 2 atom stereocenters. The number of halogens is 3. The average molecular weight is 410 g/mol. The average Bonchev–Trinajstić information content (AvgIpc) is 3.33. The molecule has 4 N–H and O–H groups in total. The maximum atomic E-state index is 13.7. The Balaban J connectivity index is 1.58. The fourth-order valence-electron chi connectivity index (χ4n) is 4.25. The number of hydrogen-bond donors (Lipinski definition) is 3. The van der Waals surface area contributed by atoms with Crippen molar-refractivity contribution in [2.75, 3.05) is 17.6 Å². The number of piperidine rings is 1. The summed E-state index contributed by atoms with van der Waals surface area (Å²) in [6, 6.07) is -1.02. The molecule has 1 saturated heterocycles. The zero-order valence-corrected chi connectivity index (χ0v) is 15.7. The molecule has 0 aromatic carbocycles. The van der Waals surface area contributed by atoms with Gasteiger partial charge in [-0.1, -0.05) is 6.92 Å². The minimum atomic E-state index is -4.41. The van der Waals surface area contributed by atoms with Gasteiger partial charge in [0.2, 0.25) is 0 Å². The molecule has 1 aliphatic heterocycles. The molecule has 1 aliphatic carbocycles. The van der Waals surface area contributed by atoms with E-state index in [1.807, 2.05) is 6.92 Å². The number of carbonyl (C=O) groups is 2. The highest BCUT2D eigenvalue weighted by molar-refractivity contribution is 6.40. The molecule has 2 fully saturated rings. The normalized spacial score (nSPS) is 23.8. The first-order chi connectivity index (χ1) is 13.6. The third kappa shape index (κ3) is 3.18. The summed E-state index contributed by atoms with van der Waals surface area (Å²) in [7, 11) is 0. The summed E-state index contributed by atoms with van der Waals surface area (Å²) < 4.78 is 41.0. The molecule has 2 aromatic heterocycles. The maximum Gasteiger partial charge on any atom is 0.396 e. The van der Waals surface area contributed by atoms with Crippen LogP contribution in [0.5, 0.6) is 0 Å². The van der Waals surface area contributed by atoms with Gasteiger partial charge in [-0.3, -0.25) is 14.7 Å². The Bertz CT molecular complexity index is 968. The van der Waals surface area contributed by atoms with Gasteiger partial charge < -0.3 is 16.0 Å². The molecule has 4 rings (SSSR count). The smallest absolute Gasteiger partial charge is 0.383 e. The molecule has 0 spiro atoms. The maximum absolute atomic E-state index is 13.7. The summed E-state index contributed by atoms with van der Waals surface area (Å²) >= 11 is 0. The largest absolute Gasteiger partial charge is 0.396 e. The number of nitrogens with two attached hydrogens (primary N) is 1. The number of anilines is 2. The van der Waals surface area contributed by atoms with Gasteiger partial charge in [0.15, 0.2) is 0 Å². The molecule has 1 saturated carbocycles. The predicted octanol–water partition coefficient (Wildman–Crippen LogP) is 2.45. The number of nitrogen functional groups attached to an aromatic ring is 1. The van der Waals surface area contributed by atoms with E-state index in [0.717, 1.165) is 4.90 Å². The molecule has 3 heterocycles. The summed E-state index contributed by atoms with van der Waals surface area (Å²) in [5.74, 6) is -1.76. The summed E-state index contributed by atoms with van der Waals surface area (Å²) in [5, 5.41) is 9.41.